The van der Waals surface area contributed by atoms with Crippen LogP contribution in [0.5, 0.6) is 11.5 Å². The first-order valence-corrected chi connectivity index (χ1v) is 12.5. The fraction of sp³-hybridized carbons (Fsp3) is 0.222. The lowest BCUT2D eigenvalue weighted by molar-refractivity contribution is -0.763. The van der Waals surface area contributed by atoms with E-state index in [9.17, 15) is 10.4 Å². The molecule has 11 heteroatoms. The molecule has 0 N–H and O–H groups in total. The van der Waals surface area contributed by atoms with Crippen molar-refractivity contribution in [3.63, 3.8) is 0 Å². The topological polar surface area (TPSA) is 130 Å². The number of hydrogen-bond donors (Lipinski definition) is 0. The van der Waals surface area contributed by atoms with Gasteiger partial charge in [-0.05, 0) is 34.8 Å². The zero-order valence-electron chi connectivity index (χ0n) is 21.1. The monoisotopic (exact) mass is 531 g/mol. The SMILES string of the molecule is COCC[n+]1cc(/N=C(/[O-])CSc2nc(-c3ccccc3)cc(-c3cc(OC)ccc3OC)c2C#N)on1. The second kappa shape index (κ2) is 12.7. The maximum absolute atomic E-state index is 12.6. The molecule has 0 amide bonds. The largest absolute Gasteiger partial charge is 0.861 e. The van der Waals surface area contributed by atoms with E-state index in [-0.39, 0.29) is 11.6 Å². The van der Waals surface area contributed by atoms with E-state index >= 15 is 0 Å². The average molecular weight is 532 g/mol. The van der Waals surface area contributed by atoms with Crippen molar-refractivity contribution in [3.8, 4) is 40.0 Å². The van der Waals surface area contributed by atoms with Gasteiger partial charge in [-0.25, -0.2) is 9.98 Å². The Balaban J connectivity index is 1.73. The van der Waals surface area contributed by atoms with E-state index in [4.69, 9.17) is 23.7 Å². The van der Waals surface area contributed by atoms with Gasteiger partial charge in [0.2, 0.25) is 11.8 Å². The van der Waals surface area contributed by atoms with Crippen LogP contribution in [-0.4, -0.2) is 49.8 Å². The predicted molar refractivity (Wildman–Crippen MR) is 139 cm³/mol. The average Bonchev–Trinajstić information content (AvgIpc) is 3.41. The number of aliphatic imine (C=N–C) groups is 1. The van der Waals surface area contributed by atoms with Crippen LogP contribution < -0.4 is 19.3 Å². The van der Waals surface area contributed by atoms with Crippen molar-refractivity contribution in [2.45, 2.75) is 11.6 Å². The van der Waals surface area contributed by atoms with E-state index in [1.807, 2.05) is 36.4 Å². The van der Waals surface area contributed by atoms with Crippen molar-refractivity contribution in [2.24, 2.45) is 4.99 Å². The van der Waals surface area contributed by atoms with E-state index in [0.717, 1.165) is 17.3 Å². The Morgan fingerprint density at radius 3 is 2.63 bits per heavy atom. The molecule has 4 aromatic rings. The quantitative estimate of drug-likeness (QED) is 0.124. The van der Waals surface area contributed by atoms with Gasteiger partial charge in [0, 0.05) is 29.6 Å². The van der Waals surface area contributed by atoms with Crippen molar-refractivity contribution in [3.05, 3.63) is 66.4 Å². The molecule has 2 aromatic heterocycles. The van der Waals surface area contributed by atoms with E-state index in [1.54, 1.807) is 39.5 Å². The zero-order chi connectivity index (χ0) is 26.9. The van der Waals surface area contributed by atoms with Gasteiger partial charge in [-0.15, -0.1) is 0 Å². The third kappa shape index (κ3) is 6.29. The lowest BCUT2D eigenvalue weighted by atomic mass is 9.98. The first-order chi connectivity index (χ1) is 18.6. The van der Waals surface area contributed by atoms with Crippen molar-refractivity contribution >= 4 is 23.5 Å². The van der Waals surface area contributed by atoms with Crippen LogP contribution in [0.15, 0.2) is 75.3 Å². The van der Waals surface area contributed by atoms with Crippen molar-refractivity contribution in [2.75, 3.05) is 33.7 Å². The summed E-state index contributed by atoms with van der Waals surface area (Å²) in [5, 5.41) is 27.0. The van der Waals surface area contributed by atoms with Crippen LogP contribution in [0.25, 0.3) is 22.4 Å². The molecule has 194 valence electrons. The normalized spacial score (nSPS) is 11.3. The van der Waals surface area contributed by atoms with Crippen LogP contribution in [0.1, 0.15) is 5.56 Å². The van der Waals surface area contributed by atoms with Crippen LogP contribution >= 0.6 is 11.8 Å². The van der Waals surface area contributed by atoms with Gasteiger partial charge < -0.3 is 19.3 Å². The van der Waals surface area contributed by atoms with E-state index in [2.05, 4.69) is 16.3 Å². The third-order valence-corrected chi connectivity index (χ3v) is 6.42. The number of pyridine rings is 1. The molecular formula is C27H25N5O5S. The number of rotatable bonds is 11. The molecule has 0 aliphatic heterocycles. The van der Waals surface area contributed by atoms with Crippen LogP contribution in [0, 0.1) is 11.3 Å². The van der Waals surface area contributed by atoms with Crippen LogP contribution in [0.3, 0.4) is 0 Å². The smallest absolute Gasteiger partial charge is 0.320 e. The number of nitrogens with zero attached hydrogens (tertiary/aromatic N) is 5. The summed E-state index contributed by atoms with van der Waals surface area (Å²) in [6.45, 7) is 0.915. The molecular weight excluding hydrogens is 506 g/mol. The van der Waals surface area contributed by atoms with Gasteiger partial charge in [0.1, 0.15) is 29.2 Å². The van der Waals surface area contributed by atoms with E-state index in [1.165, 1.54) is 10.9 Å². The zero-order valence-corrected chi connectivity index (χ0v) is 21.9. The summed E-state index contributed by atoms with van der Waals surface area (Å²) >= 11 is 1.12. The molecule has 38 heavy (non-hydrogen) atoms. The summed E-state index contributed by atoms with van der Waals surface area (Å²) in [5.74, 6) is 0.747. The van der Waals surface area contributed by atoms with Gasteiger partial charge in [-0.2, -0.15) is 5.26 Å². The highest BCUT2D eigenvalue weighted by molar-refractivity contribution is 8.00. The highest BCUT2D eigenvalue weighted by Crippen LogP contribution is 2.39. The summed E-state index contributed by atoms with van der Waals surface area (Å²) in [6.07, 6.45) is 1.52. The second-order valence-electron chi connectivity index (χ2n) is 7.87. The molecule has 0 atom stereocenters. The molecule has 4 rings (SSSR count). The Morgan fingerprint density at radius 1 is 1.11 bits per heavy atom. The molecule has 0 unspecified atom stereocenters. The number of benzene rings is 2. The van der Waals surface area contributed by atoms with Crippen LogP contribution in [0.4, 0.5) is 5.88 Å². The first kappa shape index (κ1) is 26.7. The molecule has 0 saturated heterocycles. The Bertz CT molecular complexity index is 1470. The van der Waals surface area contributed by atoms with E-state index < -0.39 is 5.90 Å². The summed E-state index contributed by atoms with van der Waals surface area (Å²) in [6, 6.07) is 19.1. The highest BCUT2D eigenvalue weighted by atomic mass is 32.2. The lowest BCUT2D eigenvalue weighted by Gasteiger charge is -2.16. The van der Waals surface area contributed by atoms with Crippen LogP contribution in [-0.2, 0) is 11.3 Å². The molecule has 0 spiro atoms. The Labute approximate surface area is 224 Å². The Hall–Kier alpha value is -4.40. The third-order valence-electron chi connectivity index (χ3n) is 5.45. The lowest BCUT2D eigenvalue weighted by Crippen LogP contribution is -2.36. The standard InChI is InChI=1S/C27H25N5O5S/c1-34-12-11-32-16-26(37-31-32)30-25(33)17-38-27-22(15-28)20(14-23(29-27)18-7-5-4-6-8-18)21-13-19(35-2)9-10-24(21)36-3/h4-10,13-14,16H,11-12,17H2,1-3H3. The van der Waals surface area contributed by atoms with Gasteiger partial charge >= 0.3 is 5.88 Å². The van der Waals surface area contributed by atoms with Gasteiger partial charge in [0.15, 0.2) is 0 Å². The van der Waals surface area contributed by atoms with Gasteiger partial charge in [0.05, 0.1) is 25.5 Å². The Kier molecular flexibility index (Phi) is 8.92. The maximum atomic E-state index is 12.6. The van der Waals surface area contributed by atoms with Gasteiger partial charge in [-0.1, -0.05) is 42.1 Å². The molecule has 0 aliphatic carbocycles. The molecule has 2 heterocycles. The minimum Gasteiger partial charge on any atom is -0.861 e. The number of methoxy groups -OCH3 is 3. The second-order valence-corrected chi connectivity index (χ2v) is 8.83. The van der Waals surface area contributed by atoms with Crippen molar-refractivity contribution in [1.82, 2.24) is 10.3 Å². The van der Waals surface area contributed by atoms with Crippen molar-refractivity contribution in [1.29, 1.82) is 5.26 Å². The minimum absolute atomic E-state index is 0.0621. The van der Waals surface area contributed by atoms with Gasteiger partial charge in [-0.3, -0.25) is 4.52 Å². The molecule has 2 aromatic carbocycles. The number of thioether (sulfide) groups is 1. The predicted octanol–water partition coefficient (Wildman–Crippen LogP) is 3.41. The molecule has 10 nitrogen and oxygen atoms in total. The Morgan fingerprint density at radius 2 is 1.92 bits per heavy atom. The summed E-state index contributed by atoms with van der Waals surface area (Å²) in [5.41, 5.74) is 3.10. The minimum atomic E-state index is -0.457. The maximum Gasteiger partial charge on any atom is 0.320 e. The van der Waals surface area contributed by atoms with Gasteiger partial charge in [0.25, 0.3) is 6.20 Å². The first-order valence-electron chi connectivity index (χ1n) is 11.5. The van der Waals surface area contributed by atoms with Crippen LogP contribution in [0.2, 0.25) is 0 Å². The highest BCUT2D eigenvalue weighted by Gasteiger charge is 2.19. The van der Waals surface area contributed by atoms with Crippen molar-refractivity contribution < 1.29 is 28.5 Å². The summed E-state index contributed by atoms with van der Waals surface area (Å²) in [7, 11) is 4.72. The number of ether oxygens (including phenoxy) is 3. The number of nitriles is 1. The fourth-order valence-electron chi connectivity index (χ4n) is 3.62. The number of hydrogen-bond acceptors (Lipinski definition) is 10. The number of aromatic nitrogens is 3. The molecule has 0 fully saturated rings. The molecule has 0 saturated carbocycles. The summed E-state index contributed by atoms with van der Waals surface area (Å²) in [4.78, 5) is 8.71. The fourth-order valence-corrected chi connectivity index (χ4v) is 4.41. The molecule has 0 radical (unpaired) electrons. The van der Waals surface area contributed by atoms with E-state index in [0.29, 0.717) is 52.1 Å². The molecule has 0 aliphatic rings. The summed E-state index contributed by atoms with van der Waals surface area (Å²) < 4.78 is 22.6. The molecule has 0 bridgehead atoms.